The van der Waals surface area contributed by atoms with Gasteiger partial charge < -0.3 is 15.0 Å². The molecule has 1 heterocycles. The number of nitrogens with one attached hydrogen (secondary N) is 1. The zero-order chi connectivity index (χ0) is 18.0. The van der Waals surface area contributed by atoms with Crippen LogP contribution in [0.2, 0.25) is 0 Å². The highest BCUT2D eigenvalue weighted by Gasteiger charge is 2.29. The molecule has 25 heavy (non-hydrogen) atoms. The molecule has 2 N–H and O–H groups in total. The lowest BCUT2D eigenvalue weighted by Gasteiger charge is -2.25. The maximum absolute atomic E-state index is 13.3. The van der Waals surface area contributed by atoms with E-state index in [1.165, 1.54) is 12.1 Å². The summed E-state index contributed by atoms with van der Waals surface area (Å²) in [5, 5.41) is 11.9. The van der Waals surface area contributed by atoms with Gasteiger partial charge in [0.15, 0.2) is 0 Å². The van der Waals surface area contributed by atoms with Crippen LogP contribution in [0, 0.1) is 17.7 Å². The number of hydrogen-bond donors (Lipinski definition) is 2. The van der Waals surface area contributed by atoms with Crippen LogP contribution in [0.15, 0.2) is 18.2 Å². The van der Waals surface area contributed by atoms with Gasteiger partial charge in [0.05, 0.1) is 17.0 Å². The van der Waals surface area contributed by atoms with Crippen LogP contribution < -0.4 is 5.32 Å². The molecule has 0 atom stereocenters. The highest BCUT2D eigenvalue weighted by Crippen LogP contribution is 2.29. The molecule has 1 saturated carbocycles. The Bertz CT molecular complexity index is 794. The second-order valence-corrected chi connectivity index (χ2v) is 6.65. The molecule has 0 spiro atoms. The van der Waals surface area contributed by atoms with Crippen molar-refractivity contribution in [3.05, 3.63) is 29.8 Å². The fourth-order valence-corrected chi connectivity index (χ4v) is 3.49. The Balaban J connectivity index is 1.52. The molecule has 1 aromatic carbocycles. The number of hydrogen-bond acceptors (Lipinski definition) is 3. The van der Waals surface area contributed by atoms with Crippen molar-refractivity contribution in [2.45, 2.75) is 32.1 Å². The van der Waals surface area contributed by atoms with Gasteiger partial charge in [-0.3, -0.25) is 9.59 Å². The molecule has 1 amide bonds. The summed E-state index contributed by atoms with van der Waals surface area (Å²) < 4.78 is 15.2. The van der Waals surface area contributed by atoms with E-state index in [1.807, 2.05) is 11.6 Å². The SMILES string of the molecule is Cn1c(CCNC(=O)C2CCC(C(=O)O)CC2)nc2cc(F)ccc21. The summed E-state index contributed by atoms with van der Waals surface area (Å²) in [4.78, 5) is 27.6. The first-order valence-corrected chi connectivity index (χ1v) is 8.57. The minimum absolute atomic E-state index is 0.0198. The second kappa shape index (κ2) is 7.21. The Morgan fingerprint density at radius 2 is 1.96 bits per heavy atom. The smallest absolute Gasteiger partial charge is 0.306 e. The number of aryl methyl sites for hydroxylation is 1. The molecule has 3 rings (SSSR count). The van der Waals surface area contributed by atoms with Crippen molar-refractivity contribution in [1.82, 2.24) is 14.9 Å². The summed E-state index contributed by atoms with van der Waals surface area (Å²) in [5.74, 6) is -0.738. The fraction of sp³-hybridized carbons (Fsp3) is 0.500. The van der Waals surface area contributed by atoms with Crippen molar-refractivity contribution < 1.29 is 19.1 Å². The number of carbonyl (C=O) groups is 2. The fourth-order valence-electron chi connectivity index (χ4n) is 3.49. The lowest BCUT2D eigenvalue weighted by molar-refractivity contribution is -0.144. The van der Waals surface area contributed by atoms with E-state index in [0.29, 0.717) is 44.2 Å². The molecule has 0 radical (unpaired) electrons. The molecule has 7 heteroatoms. The van der Waals surface area contributed by atoms with Crippen LogP contribution >= 0.6 is 0 Å². The van der Waals surface area contributed by atoms with Crippen molar-refractivity contribution in [2.24, 2.45) is 18.9 Å². The Morgan fingerprint density at radius 3 is 2.64 bits per heavy atom. The van der Waals surface area contributed by atoms with Crippen LogP contribution in [0.3, 0.4) is 0 Å². The maximum atomic E-state index is 13.3. The van der Waals surface area contributed by atoms with Gasteiger partial charge in [-0.15, -0.1) is 0 Å². The van der Waals surface area contributed by atoms with E-state index in [9.17, 15) is 14.0 Å². The number of carboxylic acids is 1. The lowest BCUT2D eigenvalue weighted by atomic mass is 9.81. The van der Waals surface area contributed by atoms with Crippen molar-refractivity contribution in [3.8, 4) is 0 Å². The predicted octanol–water partition coefficient (Wildman–Crippen LogP) is 2.26. The van der Waals surface area contributed by atoms with Gasteiger partial charge >= 0.3 is 5.97 Å². The van der Waals surface area contributed by atoms with E-state index in [1.54, 1.807) is 6.07 Å². The number of halogens is 1. The van der Waals surface area contributed by atoms with Crippen molar-refractivity contribution in [2.75, 3.05) is 6.54 Å². The second-order valence-electron chi connectivity index (χ2n) is 6.65. The maximum Gasteiger partial charge on any atom is 0.306 e. The van der Waals surface area contributed by atoms with Gasteiger partial charge in [0.1, 0.15) is 11.6 Å². The van der Waals surface area contributed by atoms with Crippen molar-refractivity contribution in [1.29, 1.82) is 0 Å². The molecule has 1 fully saturated rings. The quantitative estimate of drug-likeness (QED) is 0.869. The number of fused-ring (bicyclic) bond motifs is 1. The zero-order valence-electron chi connectivity index (χ0n) is 14.2. The van der Waals surface area contributed by atoms with Crippen molar-refractivity contribution >= 4 is 22.9 Å². The Morgan fingerprint density at radius 1 is 1.28 bits per heavy atom. The van der Waals surface area contributed by atoms with Gasteiger partial charge in [-0.25, -0.2) is 9.37 Å². The van der Waals surface area contributed by atoms with Crippen LogP contribution in [0.5, 0.6) is 0 Å². The summed E-state index contributed by atoms with van der Waals surface area (Å²) >= 11 is 0. The number of aromatic nitrogens is 2. The molecule has 1 aliphatic rings. The molecule has 1 aliphatic carbocycles. The molecule has 0 bridgehead atoms. The van der Waals surface area contributed by atoms with Crippen LogP contribution in [-0.4, -0.2) is 33.1 Å². The predicted molar refractivity (Wildman–Crippen MR) is 90.5 cm³/mol. The molecule has 1 aromatic heterocycles. The number of amides is 1. The largest absolute Gasteiger partial charge is 0.481 e. The summed E-state index contributed by atoms with van der Waals surface area (Å²) in [6.07, 6.45) is 2.92. The van der Waals surface area contributed by atoms with E-state index in [-0.39, 0.29) is 23.6 Å². The molecular weight excluding hydrogens is 325 g/mol. The number of benzene rings is 1. The molecule has 0 unspecified atom stereocenters. The molecule has 0 saturated heterocycles. The summed E-state index contributed by atoms with van der Waals surface area (Å²) in [6, 6.07) is 4.50. The molecule has 134 valence electrons. The summed E-state index contributed by atoms with van der Waals surface area (Å²) in [5.41, 5.74) is 1.46. The summed E-state index contributed by atoms with van der Waals surface area (Å²) in [7, 11) is 1.87. The highest BCUT2D eigenvalue weighted by atomic mass is 19.1. The lowest BCUT2D eigenvalue weighted by Crippen LogP contribution is -2.35. The monoisotopic (exact) mass is 347 g/mol. The van der Waals surface area contributed by atoms with Crippen LogP contribution in [-0.2, 0) is 23.1 Å². The number of carbonyl (C=O) groups excluding carboxylic acids is 1. The third kappa shape index (κ3) is 3.81. The topological polar surface area (TPSA) is 84.2 Å². The average Bonchev–Trinajstić information content (AvgIpc) is 2.90. The van der Waals surface area contributed by atoms with Gasteiger partial charge in [0.2, 0.25) is 5.91 Å². The zero-order valence-corrected chi connectivity index (χ0v) is 14.2. The summed E-state index contributed by atoms with van der Waals surface area (Å²) in [6.45, 7) is 0.456. The normalized spacial score (nSPS) is 20.6. The van der Waals surface area contributed by atoms with Gasteiger partial charge in [-0.05, 0) is 37.8 Å². The van der Waals surface area contributed by atoms with Gasteiger partial charge in [0, 0.05) is 32.0 Å². The number of aliphatic carboxylic acids is 1. The molecule has 2 aromatic rings. The Kier molecular flexibility index (Phi) is 5.01. The third-order valence-corrected chi connectivity index (χ3v) is 5.03. The first kappa shape index (κ1) is 17.4. The number of nitrogens with zero attached hydrogens (tertiary/aromatic N) is 2. The van der Waals surface area contributed by atoms with E-state index in [2.05, 4.69) is 10.3 Å². The van der Waals surface area contributed by atoms with E-state index >= 15 is 0 Å². The van der Waals surface area contributed by atoms with Gasteiger partial charge in [-0.1, -0.05) is 0 Å². The first-order chi connectivity index (χ1) is 12.0. The van der Waals surface area contributed by atoms with E-state index in [0.717, 1.165) is 11.3 Å². The van der Waals surface area contributed by atoms with Crippen LogP contribution in [0.1, 0.15) is 31.5 Å². The molecule has 0 aliphatic heterocycles. The number of carboxylic acid groups (broad SMARTS) is 1. The van der Waals surface area contributed by atoms with E-state index in [4.69, 9.17) is 5.11 Å². The number of rotatable bonds is 5. The Labute approximate surface area is 145 Å². The Hall–Kier alpha value is -2.44. The minimum Gasteiger partial charge on any atom is -0.481 e. The molecular formula is C18H22FN3O3. The van der Waals surface area contributed by atoms with Gasteiger partial charge in [-0.2, -0.15) is 0 Å². The number of imidazole rings is 1. The van der Waals surface area contributed by atoms with E-state index < -0.39 is 5.97 Å². The standard InChI is InChI=1S/C18H22FN3O3/c1-22-15-7-6-13(19)10-14(15)21-16(22)8-9-20-17(23)11-2-4-12(5-3-11)18(24)25/h6-7,10-12H,2-5,8-9H2,1H3,(H,20,23)(H,24,25). The minimum atomic E-state index is -0.767. The third-order valence-electron chi connectivity index (χ3n) is 5.03. The first-order valence-electron chi connectivity index (χ1n) is 8.57. The molecule has 6 nitrogen and oxygen atoms in total. The highest BCUT2D eigenvalue weighted by molar-refractivity contribution is 5.79. The van der Waals surface area contributed by atoms with Crippen molar-refractivity contribution in [3.63, 3.8) is 0 Å². The van der Waals surface area contributed by atoms with Crippen LogP contribution in [0.25, 0.3) is 11.0 Å². The van der Waals surface area contributed by atoms with Crippen LogP contribution in [0.4, 0.5) is 4.39 Å². The van der Waals surface area contributed by atoms with Gasteiger partial charge in [0.25, 0.3) is 0 Å². The average molecular weight is 347 g/mol.